The van der Waals surface area contributed by atoms with Gasteiger partial charge in [0, 0.05) is 16.3 Å². The molecule has 1 heterocycles. The molecule has 6 heteroatoms. The minimum Gasteiger partial charge on any atom is -0.317 e. The fourth-order valence-electron chi connectivity index (χ4n) is 3.03. The molecular weight excluding hydrogens is 483 g/mol. The van der Waals surface area contributed by atoms with Gasteiger partial charge >= 0.3 is 0 Å². The number of halogens is 1. The number of rotatable bonds is 4. The van der Waals surface area contributed by atoms with E-state index in [-0.39, 0.29) is 4.90 Å². The third-order valence-corrected chi connectivity index (χ3v) is 6.81. The molecule has 1 aromatic heterocycles. The molecule has 3 aromatic carbocycles. The van der Waals surface area contributed by atoms with Crippen molar-refractivity contribution in [3.8, 4) is 11.3 Å². The van der Waals surface area contributed by atoms with Crippen LogP contribution in [0.3, 0.4) is 0 Å². The maximum atomic E-state index is 13.0. The van der Waals surface area contributed by atoms with Crippen LogP contribution in [0.15, 0.2) is 90.0 Å². The van der Waals surface area contributed by atoms with Crippen LogP contribution in [0.2, 0.25) is 0 Å². The summed E-state index contributed by atoms with van der Waals surface area (Å²) in [4.78, 5) is 4.34. The molecule has 28 heavy (non-hydrogen) atoms. The lowest BCUT2D eigenvalue weighted by Crippen LogP contribution is -2.35. The number of fused-ring (bicyclic) bond motifs is 1. The maximum Gasteiger partial charge on any atom is 0.222 e. The van der Waals surface area contributed by atoms with Gasteiger partial charge in [0.1, 0.15) is 0 Å². The average Bonchev–Trinajstić information content (AvgIpc) is 2.69. The molecule has 140 valence electrons. The summed E-state index contributed by atoms with van der Waals surface area (Å²) in [5, 5.41) is 1.98. The molecule has 0 radical (unpaired) electrons. The highest BCUT2D eigenvalue weighted by Gasteiger charge is 2.20. The van der Waals surface area contributed by atoms with E-state index in [1.807, 2.05) is 61.5 Å². The van der Waals surface area contributed by atoms with Crippen LogP contribution in [0, 0.1) is 10.5 Å². The fourth-order valence-corrected chi connectivity index (χ4v) is 5.01. The van der Waals surface area contributed by atoms with E-state index in [9.17, 15) is 8.42 Å². The summed E-state index contributed by atoms with van der Waals surface area (Å²) < 4.78 is 28.3. The molecule has 0 unspecified atom stereocenters. The highest BCUT2D eigenvalue weighted by atomic mass is 127. The Hall–Kier alpha value is -2.45. The first-order valence-electron chi connectivity index (χ1n) is 8.69. The van der Waals surface area contributed by atoms with Crippen molar-refractivity contribution in [3.05, 3.63) is 99.0 Å². The summed E-state index contributed by atoms with van der Waals surface area (Å²) in [6, 6.07) is 24.3. The van der Waals surface area contributed by atoms with E-state index in [0.717, 1.165) is 31.2 Å². The van der Waals surface area contributed by atoms with Gasteiger partial charge in [0.25, 0.3) is 0 Å². The molecule has 0 bridgehead atoms. The molecule has 0 saturated heterocycles. The predicted octanol–water partition coefficient (Wildman–Crippen LogP) is 5.23. The molecule has 0 aliphatic heterocycles. The van der Waals surface area contributed by atoms with Gasteiger partial charge < -0.3 is 4.83 Å². The predicted molar refractivity (Wildman–Crippen MR) is 119 cm³/mol. The molecule has 4 rings (SSSR count). The van der Waals surface area contributed by atoms with Crippen molar-refractivity contribution < 1.29 is 13.1 Å². The summed E-state index contributed by atoms with van der Waals surface area (Å²) in [6.45, 7) is 1.92. The molecule has 0 N–H and O–H groups in total. The zero-order chi connectivity index (χ0) is 19.7. The van der Waals surface area contributed by atoms with Crippen LogP contribution in [0.1, 0.15) is 5.56 Å². The molecule has 4 nitrogen and oxygen atoms in total. The zero-order valence-electron chi connectivity index (χ0n) is 15.1. The standard InChI is InChI=1S/C22H17IN2O2S/c1-16-11-13-19(14-12-16)28(26,27)24-25-15-18-9-5-6-10-20(18)21(23)22(25)17-7-3-2-4-8-17/h2-15H,1H3. The first-order chi connectivity index (χ1) is 13.5. The number of hydrogen-bond donors (Lipinski definition) is 0. The largest absolute Gasteiger partial charge is 0.317 e. The van der Waals surface area contributed by atoms with Gasteiger partial charge in [0.2, 0.25) is 5.69 Å². The topological polar surface area (TPSA) is 52.1 Å². The number of aromatic nitrogens is 1. The molecule has 0 aliphatic rings. The Morgan fingerprint density at radius 1 is 0.857 bits per heavy atom. The highest BCUT2D eigenvalue weighted by molar-refractivity contribution is 14.1. The molecule has 0 amide bonds. The Morgan fingerprint density at radius 3 is 2.21 bits per heavy atom. The van der Waals surface area contributed by atoms with Gasteiger partial charge in [-0.1, -0.05) is 54.1 Å². The van der Waals surface area contributed by atoms with Crippen LogP contribution in [0.25, 0.3) is 26.9 Å². The van der Waals surface area contributed by atoms with Crippen molar-refractivity contribution in [2.75, 3.05) is 0 Å². The van der Waals surface area contributed by atoms with E-state index in [0.29, 0.717) is 0 Å². The van der Waals surface area contributed by atoms with Crippen LogP contribution in [-0.4, -0.2) is 8.42 Å². The quantitative estimate of drug-likeness (QED) is 0.285. The summed E-state index contributed by atoms with van der Waals surface area (Å²) in [6.07, 6.45) is 1.77. The SMILES string of the molecule is Cc1ccc(S(=O)(=O)[N-][n+]2cc3ccccc3c(I)c2-c2ccccc2)cc1. The van der Waals surface area contributed by atoms with E-state index in [1.54, 1.807) is 30.5 Å². The van der Waals surface area contributed by atoms with Crippen molar-refractivity contribution in [1.82, 2.24) is 0 Å². The lowest BCUT2D eigenvalue weighted by molar-refractivity contribution is -0.601. The van der Waals surface area contributed by atoms with E-state index in [4.69, 9.17) is 0 Å². The normalized spacial score (nSPS) is 11.5. The van der Waals surface area contributed by atoms with E-state index in [2.05, 4.69) is 27.4 Å². The van der Waals surface area contributed by atoms with E-state index < -0.39 is 10.0 Å². The van der Waals surface area contributed by atoms with Crippen LogP contribution in [-0.2, 0) is 10.0 Å². The number of nitrogens with zero attached hydrogens (tertiary/aromatic N) is 2. The second-order valence-corrected chi connectivity index (χ2v) is 9.12. The van der Waals surface area contributed by atoms with Gasteiger partial charge in [-0.15, -0.1) is 0 Å². The minimum atomic E-state index is -3.86. The summed E-state index contributed by atoms with van der Waals surface area (Å²) >= 11 is 2.26. The smallest absolute Gasteiger partial charge is 0.222 e. The van der Waals surface area contributed by atoms with Gasteiger partial charge in [-0.25, -0.2) is 13.1 Å². The maximum absolute atomic E-state index is 13.0. The molecule has 0 saturated carbocycles. The molecule has 0 atom stereocenters. The number of benzene rings is 3. The van der Waals surface area contributed by atoms with Crippen molar-refractivity contribution in [1.29, 1.82) is 0 Å². The number of aryl methyl sites for hydroxylation is 1. The molecule has 0 spiro atoms. The van der Waals surface area contributed by atoms with Crippen LogP contribution < -0.4 is 4.68 Å². The Morgan fingerprint density at radius 2 is 1.50 bits per heavy atom. The van der Waals surface area contributed by atoms with Crippen LogP contribution in [0.4, 0.5) is 0 Å². The third-order valence-electron chi connectivity index (χ3n) is 4.46. The molecular formula is C22H17IN2O2S. The lowest BCUT2D eigenvalue weighted by atomic mass is 10.1. The Labute approximate surface area is 178 Å². The number of pyridine rings is 1. The van der Waals surface area contributed by atoms with Crippen LogP contribution >= 0.6 is 22.6 Å². The van der Waals surface area contributed by atoms with E-state index >= 15 is 0 Å². The Bertz CT molecular complexity index is 1260. The molecule has 0 aliphatic carbocycles. The second kappa shape index (κ2) is 7.52. The zero-order valence-corrected chi connectivity index (χ0v) is 18.1. The van der Waals surface area contributed by atoms with Gasteiger partial charge in [-0.2, -0.15) is 0 Å². The summed E-state index contributed by atoms with van der Waals surface area (Å²) in [5.41, 5.74) is 2.65. The first-order valence-corrected chi connectivity index (χ1v) is 11.2. The second-order valence-electron chi connectivity index (χ2n) is 6.46. The number of sulfonamides is 1. The Kier molecular flexibility index (Phi) is 5.07. The van der Waals surface area contributed by atoms with Crippen LogP contribution in [0.5, 0.6) is 0 Å². The van der Waals surface area contributed by atoms with Gasteiger partial charge in [-0.3, -0.25) is 0 Å². The Balaban J connectivity index is 1.91. The fraction of sp³-hybridized carbons (Fsp3) is 0.0455. The number of hydrogen-bond acceptors (Lipinski definition) is 2. The first kappa shape index (κ1) is 18.9. The van der Waals surface area contributed by atoms with Gasteiger partial charge in [0.15, 0.2) is 16.2 Å². The average molecular weight is 500 g/mol. The van der Waals surface area contributed by atoms with Crippen molar-refractivity contribution >= 4 is 43.4 Å². The third kappa shape index (κ3) is 3.62. The minimum absolute atomic E-state index is 0.174. The van der Waals surface area contributed by atoms with Gasteiger partial charge in [-0.05, 0) is 59.8 Å². The monoisotopic (exact) mass is 500 g/mol. The van der Waals surface area contributed by atoms with E-state index in [1.165, 1.54) is 4.68 Å². The summed E-state index contributed by atoms with van der Waals surface area (Å²) in [5.74, 6) is 0. The van der Waals surface area contributed by atoms with Crippen molar-refractivity contribution in [2.24, 2.45) is 0 Å². The van der Waals surface area contributed by atoms with Crippen molar-refractivity contribution in [3.63, 3.8) is 0 Å². The van der Waals surface area contributed by atoms with Gasteiger partial charge in [0.05, 0.1) is 8.47 Å². The highest BCUT2D eigenvalue weighted by Crippen LogP contribution is 2.29. The summed E-state index contributed by atoms with van der Waals surface area (Å²) in [7, 11) is -3.86. The lowest BCUT2D eigenvalue weighted by Gasteiger charge is -2.19. The van der Waals surface area contributed by atoms with Crippen molar-refractivity contribution in [2.45, 2.75) is 11.8 Å². The molecule has 0 fully saturated rings. The molecule has 4 aromatic rings.